The lowest BCUT2D eigenvalue weighted by molar-refractivity contribution is -0.136. The molecule has 12 heteroatoms. The number of allylic oxidation sites excluding steroid dienone is 1. The van der Waals surface area contributed by atoms with Gasteiger partial charge in [0.05, 0.1) is 35.3 Å². The van der Waals surface area contributed by atoms with Crippen molar-refractivity contribution in [1.82, 2.24) is 16.1 Å². The van der Waals surface area contributed by atoms with Crippen molar-refractivity contribution in [2.45, 2.75) is 26.1 Å². The van der Waals surface area contributed by atoms with Crippen LogP contribution in [0, 0.1) is 0 Å². The summed E-state index contributed by atoms with van der Waals surface area (Å²) in [6, 6.07) is 7.68. The molecule has 3 rings (SSSR count). The van der Waals surface area contributed by atoms with Crippen LogP contribution in [0.25, 0.3) is 0 Å². The highest BCUT2D eigenvalue weighted by Crippen LogP contribution is 2.34. The number of benzene rings is 1. The Morgan fingerprint density at radius 2 is 2.12 bits per heavy atom. The first-order valence-electron chi connectivity index (χ1n) is 10.3. The number of hydrazone groups is 1. The summed E-state index contributed by atoms with van der Waals surface area (Å²) in [7, 11) is 1.28. The van der Waals surface area contributed by atoms with Gasteiger partial charge in [0.15, 0.2) is 17.7 Å². The molecule has 0 bridgehead atoms. The highest BCUT2D eigenvalue weighted by atomic mass is 79.9. The molecule has 0 saturated heterocycles. The number of hydrogen-bond acceptors (Lipinski definition) is 9. The van der Waals surface area contributed by atoms with Gasteiger partial charge >= 0.3 is 12.0 Å². The molecule has 0 aliphatic carbocycles. The summed E-state index contributed by atoms with van der Waals surface area (Å²) >= 11 is 4.89. The fourth-order valence-electron chi connectivity index (χ4n) is 3.21. The van der Waals surface area contributed by atoms with Crippen LogP contribution in [0.2, 0.25) is 0 Å². The number of ether oxygens (including phenoxy) is 3. The lowest BCUT2D eigenvalue weighted by Crippen LogP contribution is -2.45. The van der Waals surface area contributed by atoms with Gasteiger partial charge in [-0.2, -0.15) is 5.10 Å². The van der Waals surface area contributed by atoms with Gasteiger partial charge in [0.1, 0.15) is 6.61 Å². The lowest BCUT2D eigenvalue weighted by Gasteiger charge is -2.28. The molecular formula is C22H25BrN4O6S. The Morgan fingerprint density at radius 3 is 2.79 bits per heavy atom. The van der Waals surface area contributed by atoms with E-state index in [2.05, 4.69) is 37.1 Å². The second kappa shape index (κ2) is 11.9. The molecule has 2 aromatic rings. The molecule has 0 radical (unpaired) electrons. The second-order valence-corrected chi connectivity index (χ2v) is 9.55. The van der Waals surface area contributed by atoms with Gasteiger partial charge in [0.25, 0.3) is 0 Å². The molecule has 1 aliphatic heterocycles. The third-order valence-electron chi connectivity index (χ3n) is 4.68. The summed E-state index contributed by atoms with van der Waals surface area (Å²) in [5, 5.41) is 19.5. The van der Waals surface area contributed by atoms with Crippen LogP contribution in [0.5, 0.6) is 11.5 Å². The summed E-state index contributed by atoms with van der Waals surface area (Å²) in [4.78, 5) is 25.3. The van der Waals surface area contributed by atoms with Gasteiger partial charge in [-0.05, 0) is 59.6 Å². The predicted molar refractivity (Wildman–Crippen MR) is 131 cm³/mol. The molecule has 1 aliphatic rings. The summed E-state index contributed by atoms with van der Waals surface area (Å²) in [5.41, 5.74) is 3.90. The molecule has 0 unspecified atom stereocenters. The van der Waals surface area contributed by atoms with Crippen molar-refractivity contribution in [2.75, 3.05) is 20.3 Å². The molecule has 2 atom stereocenters. The molecule has 2 heterocycles. The van der Waals surface area contributed by atoms with E-state index in [0.717, 1.165) is 8.66 Å². The largest absolute Gasteiger partial charge is 0.490 e. The van der Waals surface area contributed by atoms with Crippen molar-refractivity contribution < 1.29 is 28.9 Å². The summed E-state index contributed by atoms with van der Waals surface area (Å²) in [5.74, 6) is 0.227. The number of rotatable bonds is 10. The minimum atomic E-state index is -1.06. The van der Waals surface area contributed by atoms with Gasteiger partial charge < -0.3 is 30.0 Å². The van der Waals surface area contributed by atoms with Crippen molar-refractivity contribution in [2.24, 2.45) is 5.10 Å². The van der Waals surface area contributed by atoms with Crippen LogP contribution in [0.3, 0.4) is 0 Å². The topological polar surface area (TPSA) is 131 Å². The number of thiophene rings is 1. The molecule has 0 spiro atoms. The van der Waals surface area contributed by atoms with E-state index in [4.69, 9.17) is 14.2 Å². The van der Waals surface area contributed by atoms with Crippen LogP contribution in [0.15, 0.2) is 50.5 Å². The highest BCUT2D eigenvalue weighted by molar-refractivity contribution is 9.11. The Labute approximate surface area is 209 Å². The van der Waals surface area contributed by atoms with Gasteiger partial charge in [-0.25, -0.2) is 9.59 Å². The quantitative estimate of drug-likeness (QED) is 0.154. The van der Waals surface area contributed by atoms with Crippen LogP contribution < -0.4 is 25.5 Å². The standard InChI is InChI=1S/C22H25BrN4O6S/c1-4-32-16-9-13(20-19(21(29)31-3)12(2)25-22(30)26-20)5-7-15(16)33-11-18(28)27-24-10-14-6-8-17(23)34-14/h5-10,18,20,27-28H,4,11H2,1-3H3,(H2,25,26,30)/b24-10-/t18-,20-/m0/s1. The number of nitrogens with zero attached hydrogens (tertiary/aromatic N) is 1. The van der Waals surface area contributed by atoms with Crippen LogP contribution in [-0.2, 0) is 9.53 Å². The number of halogens is 1. The number of hydrogen-bond donors (Lipinski definition) is 4. The zero-order chi connectivity index (χ0) is 24.7. The van der Waals surface area contributed by atoms with Gasteiger partial charge in [-0.15, -0.1) is 11.3 Å². The molecule has 4 N–H and O–H groups in total. The molecule has 1 aromatic carbocycles. The van der Waals surface area contributed by atoms with Crippen molar-refractivity contribution >= 4 is 45.5 Å². The number of amides is 2. The molecule has 1 aromatic heterocycles. The second-order valence-electron chi connectivity index (χ2n) is 7.06. The van der Waals surface area contributed by atoms with E-state index in [1.54, 1.807) is 31.3 Å². The average Bonchev–Trinajstić information content (AvgIpc) is 3.22. The zero-order valence-corrected chi connectivity index (χ0v) is 21.2. The SMILES string of the molecule is CCOc1cc([C@@H]2NC(=O)NC(C)=C2C(=O)OC)ccc1OC[C@H](O)N/N=C\c1ccc(Br)s1. The molecule has 0 fully saturated rings. The normalized spacial score (nSPS) is 16.6. The number of aliphatic hydroxyl groups is 1. The summed E-state index contributed by atoms with van der Waals surface area (Å²) in [6.45, 7) is 3.72. The van der Waals surface area contributed by atoms with E-state index in [0.29, 0.717) is 29.4 Å². The number of methoxy groups -OCH3 is 1. The smallest absolute Gasteiger partial charge is 0.337 e. The lowest BCUT2D eigenvalue weighted by atomic mass is 9.95. The molecule has 10 nitrogen and oxygen atoms in total. The molecule has 34 heavy (non-hydrogen) atoms. The fraction of sp³-hybridized carbons (Fsp3) is 0.318. The number of carbonyl (C=O) groups excluding carboxylic acids is 2. The van der Waals surface area contributed by atoms with Crippen molar-refractivity contribution in [3.8, 4) is 11.5 Å². The Bertz CT molecular complexity index is 1100. The maximum absolute atomic E-state index is 12.3. The van der Waals surface area contributed by atoms with Crippen molar-refractivity contribution in [3.05, 3.63) is 55.8 Å². The van der Waals surface area contributed by atoms with Gasteiger partial charge in [0, 0.05) is 10.6 Å². The summed E-state index contributed by atoms with van der Waals surface area (Å²) in [6.07, 6.45) is 0.537. The zero-order valence-electron chi connectivity index (χ0n) is 18.8. The van der Waals surface area contributed by atoms with Gasteiger partial charge in [0.2, 0.25) is 0 Å². The van der Waals surface area contributed by atoms with Crippen molar-refractivity contribution in [3.63, 3.8) is 0 Å². The van der Waals surface area contributed by atoms with Crippen LogP contribution in [0.1, 0.15) is 30.3 Å². The van der Waals surface area contributed by atoms with E-state index in [-0.39, 0.29) is 12.2 Å². The van der Waals surface area contributed by atoms with Crippen LogP contribution in [0.4, 0.5) is 4.79 Å². The minimum Gasteiger partial charge on any atom is -0.490 e. The van der Waals surface area contributed by atoms with Crippen LogP contribution in [-0.4, -0.2) is 49.9 Å². The Balaban J connectivity index is 1.72. The number of nitrogens with one attached hydrogen (secondary N) is 3. The number of esters is 1. The monoisotopic (exact) mass is 552 g/mol. The molecule has 182 valence electrons. The highest BCUT2D eigenvalue weighted by Gasteiger charge is 2.32. The number of urea groups is 1. The third-order valence-corrected chi connectivity index (χ3v) is 6.24. The Morgan fingerprint density at radius 1 is 1.32 bits per heavy atom. The maximum atomic E-state index is 12.3. The first kappa shape index (κ1) is 25.5. The Kier molecular flexibility index (Phi) is 8.91. The fourth-order valence-corrected chi connectivity index (χ4v) is 4.50. The van der Waals surface area contributed by atoms with E-state index in [1.165, 1.54) is 18.4 Å². The van der Waals surface area contributed by atoms with E-state index in [9.17, 15) is 14.7 Å². The predicted octanol–water partition coefficient (Wildman–Crippen LogP) is 3.03. The molecule has 0 saturated carbocycles. The Hall–Kier alpha value is -3.09. The van der Waals surface area contributed by atoms with Gasteiger partial charge in [-0.3, -0.25) is 5.43 Å². The van der Waals surface area contributed by atoms with E-state index >= 15 is 0 Å². The van der Waals surface area contributed by atoms with Gasteiger partial charge in [-0.1, -0.05) is 6.07 Å². The minimum absolute atomic E-state index is 0.0958. The van der Waals surface area contributed by atoms with E-state index in [1.807, 2.05) is 19.1 Å². The third kappa shape index (κ3) is 6.49. The molecule has 2 amide bonds. The summed E-state index contributed by atoms with van der Waals surface area (Å²) < 4.78 is 17.3. The average molecular weight is 553 g/mol. The van der Waals surface area contributed by atoms with E-state index < -0.39 is 24.3 Å². The number of aliphatic hydroxyl groups excluding tert-OH is 1. The van der Waals surface area contributed by atoms with Crippen LogP contribution >= 0.6 is 27.3 Å². The molecular weight excluding hydrogens is 528 g/mol. The first-order valence-corrected chi connectivity index (χ1v) is 11.9. The number of carbonyl (C=O) groups is 2. The van der Waals surface area contributed by atoms with Crippen molar-refractivity contribution in [1.29, 1.82) is 0 Å². The maximum Gasteiger partial charge on any atom is 0.337 e. The first-order chi connectivity index (χ1) is 16.3.